The fourth-order valence-electron chi connectivity index (χ4n) is 2.68. The SMILES string of the molecule is C=CCn1c(C)nc(-c2c(C)cc(C)cc2C)c1N. The highest BCUT2D eigenvalue weighted by atomic mass is 15.1. The summed E-state index contributed by atoms with van der Waals surface area (Å²) in [5, 5.41) is 0. The molecule has 0 aliphatic carbocycles. The highest BCUT2D eigenvalue weighted by Crippen LogP contribution is 2.32. The highest BCUT2D eigenvalue weighted by Gasteiger charge is 2.16. The van der Waals surface area contributed by atoms with Crippen molar-refractivity contribution in [1.82, 2.24) is 9.55 Å². The van der Waals surface area contributed by atoms with Gasteiger partial charge in [-0.15, -0.1) is 6.58 Å². The quantitative estimate of drug-likeness (QED) is 0.852. The van der Waals surface area contributed by atoms with Crippen molar-refractivity contribution in [3.63, 3.8) is 0 Å². The average Bonchev–Trinajstić information content (AvgIpc) is 2.56. The van der Waals surface area contributed by atoms with Crippen molar-refractivity contribution in [2.24, 2.45) is 0 Å². The molecule has 0 radical (unpaired) electrons. The lowest BCUT2D eigenvalue weighted by Crippen LogP contribution is -2.03. The predicted molar refractivity (Wildman–Crippen MR) is 81.2 cm³/mol. The van der Waals surface area contributed by atoms with Gasteiger partial charge >= 0.3 is 0 Å². The van der Waals surface area contributed by atoms with Gasteiger partial charge in [-0.05, 0) is 38.8 Å². The molecular formula is C16H21N3. The number of aryl methyl sites for hydroxylation is 4. The van der Waals surface area contributed by atoms with Crippen LogP contribution < -0.4 is 5.73 Å². The number of anilines is 1. The van der Waals surface area contributed by atoms with Crippen LogP contribution >= 0.6 is 0 Å². The van der Waals surface area contributed by atoms with E-state index in [-0.39, 0.29) is 0 Å². The smallest absolute Gasteiger partial charge is 0.132 e. The third kappa shape index (κ3) is 2.28. The molecule has 0 aliphatic heterocycles. The van der Waals surface area contributed by atoms with Gasteiger partial charge in [-0.2, -0.15) is 0 Å². The number of hydrogen-bond donors (Lipinski definition) is 1. The van der Waals surface area contributed by atoms with E-state index in [1.165, 1.54) is 16.7 Å². The third-order valence-electron chi connectivity index (χ3n) is 3.42. The third-order valence-corrected chi connectivity index (χ3v) is 3.42. The predicted octanol–water partition coefficient (Wildman–Crippen LogP) is 3.55. The molecule has 1 aromatic carbocycles. The first-order valence-corrected chi connectivity index (χ1v) is 6.47. The van der Waals surface area contributed by atoms with Crippen LogP contribution in [0.4, 0.5) is 5.82 Å². The van der Waals surface area contributed by atoms with Gasteiger partial charge in [0.15, 0.2) is 0 Å². The van der Waals surface area contributed by atoms with E-state index < -0.39 is 0 Å². The van der Waals surface area contributed by atoms with Gasteiger partial charge < -0.3 is 10.3 Å². The summed E-state index contributed by atoms with van der Waals surface area (Å²) in [5.74, 6) is 1.64. The van der Waals surface area contributed by atoms with E-state index in [0.717, 1.165) is 17.1 Å². The van der Waals surface area contributed by atoms with Crippen LogP contribution in [-0.4, -0.2) is 9.55 Å². The Morgan fingerprint density at radius 2 is 1.79 bits per heavy atom. The van der Waals surface area contributed by atoms with E-state index in [4.69, 9.17) is 5.73 Å². The maximum atomic E-state index is 6.25. The molecule has 2 rings (SSSR count). The minimum Gasteiger partial charge on any atom is -0.383 e. The Bertz CT molecular complexity index is 613. The number of aromatic nitrogens is 2. The average molecular weight is 255 g/mol. The second-order valence-electron chi connectivity index (χ2n) is 5.07. The second-order valence-corrected chi connectivity index (χ2v) is 5.07. The molecule has 3 heteroatoms. The zero-order chi connectivity index (χ0) is 14.2. The molecule has 2 N–H and O–H groups in total. The van der Waals surface area contributed by atoms with Crippen LogP contribution in [0.5, 0.6) is 0 Å². The van der Waals surface area contributed by atoms with Crippen LogP contribution in [0.25, 0.3) is 11.3 Å². The summed E-state index contributed by atoms with van der Waals surface area (Å²) < 4.78 is 1.99. The molecule has 0 fully saturated rings. The van der Waals surface area contributed by atoms with Crippen LogP contribution in [0.15, 0.2) is 24.8 Å². The van der Waals surface area contributed by atoms with Crippen LogP contribution in [0, 0.1) is 27.7 Å². The number of nitrogens with zero attached hydrogens (tertiary/aromatic N) is 2. The first kappa shape index (κ1) is 13.4. The summed E-state index contributed by atoms with van der Waals surface area (Å²) in [5.41, 5.74) is 12.0. The maximum Gasteiger partial charge on any atom is 0.132 e. The Balaban J connectivity index is 2.66. The van der Waals surface area contributed by atoms with E-state index >= 15 is 0 Å². The number of nitrogens with two attached hydrogens (primary N) is 1. The van der Waals surface area contributed by atoms with Crippen LogP contribution in [0.1, 0.15) is 22.5 Å². The largest absolute Gasteiger partial charge is 0.383 e. The summed E-state index contributed by atoms with van der Waals surface area (Å²) in [4.78, 5) is 4.64. The summed E-state index contributed by atoms with van der Waals surface area (Å²) >= 11 is 0. The summed E-state index contributed by atoms with van der Waals surface area (Å²) in [6.45, 7) is 12.7. The van der Waals surface area contributed by atoms with Gasteiger partial charge in [0.05, 0.1) is 0 Å². The van der Waals surface area contributed by atoms with Gasteiger partial charge in [0.1, 0.15) is 17.3 Å². The second kappa shape index (κ2) is 4.92. The molecule has 100 valence electrons. The number of hydrogen-bond acceptors (Lipinski definition) is 2. The molecule has 0 aliphatic rings. The van der Waals surface area contributed by atoms with Crippen molar-refractivity contribution in [3.8, 4) is 11.3 Å². The Hall–Kier alpha value is -2.03. The molecule has 0 unspecified atom stereocenters. The molecule has 0 atom stereocenters. The highest BCUT2D eigenvalue weighted by molar-refractivity contribution is 5.76. The zero-order valence-electron chi connectivity index (χ0n) is 12.1. The Morgan fingerprint density at radius 1 is 1.21 bits per heavy atom. The van der Waals surface area contributed by atoms with E-state index in [1.54, 1.807) is 0 Å². The number of rotatable bonds is 3. The van der Waals surface area contributed by atoms with Crippen molar-refractivity contribution in [3.05, 3.63) is 47.3 Å². The Morgan fingerprint density at radius 3 is 2.32 bits per heavy atom. The summed E-state index contributed by atoms with van der Waals surface area (Å²) in [6.07, 6.45) is 1.84. The first-order chi connectivity index (χ1) is 8.95. The minimum atomic E-state index is 0.689. The van der Waals surface area contributed by atoms with E-state index in [2.05, 4.69) is 44.5 Å². The van der Waals surface area contributed by atoms with Crippen LogP contribution in [-0.2, 0) is 6.54 Å². The molecule has 0 spiro atoms. The Kier molecular flexibility index (Phi) is 3.47. The van der Waals surface area contributed by atoms with Crippen LogP contribution in [0.3, 0.4) is 0 Å². The molecule has 0 bridgehead atoms. The van der Waals surface area contributed by atoms with Gasteiger partial charge in [0, 0.05) is 12.1 Å². The molecule has 3 nitrogen and oxygen atoms in total. The van der Waals surface area contributed by atoms with Gasteiger partial charge in [-0.25, -0.2) is 4.98 Å². The summed E-state index contributed by atoms with van der Waals surface area (Å²) in [6, 6.07) is 4.34. The number of imidazole rings is 1. The standard InChI is InChI=1S/C16H21N3/c1-6-7-19-13(5)18-15(16(19)17)14-11(3)8-10(2)9-12(14)4/h6,8-9H,1,7,17H2,2-5H3. The molecule has 1 aromatic heterocycles. The van der Waals surface area contributed by atoms with Crippen molar-refractivity contribution in [2.75, 3.05) is 5.73 Å². The monoisotopic (exact) mass is 255 g/mol. The lowest BCUT2D eigenvalue weighted by molar-refractivity contribution is 0.792. The van der Waals surface area contributed by atoms with Crippen molar-refractivity contribution < 1.29 is 0 Å². The van der Waals surface area contributed by atoms with E-state index in [9.17, 15) is 0 Å². The normalized spacial score (nSPS) is 10.7. The number of benzene rings is 1. The fourth-order valence-corrected chi connectivity index (χ4v) is 2.68. The lowest BCUT2D eigenvalue weighted by Gasteiger charge is -2.10. The molecule has 1 heterocycles. The first-order valence-electron chi connectivity index (χ1n) is 6.47. The fraction of sp³-hybridized carbons (Fsp3) is 0.312. The molecule has 0 saturated carbocycles. The van der Waals surface area contributed by atoms with E-state index in [1.807, 2.05) is 17.6 Å². The van der Waals surface area contributed by atoms with Crippen molar-refractivity contribution in [2.45, 2.75) is 34.2 Å². The maximum absolute atomic E-state index is 6.25. The van der Waals surface area contributed by atoms with Crippen molar-refractivity contribution >= 4 is 5.82 Å². The Labute approximate surface area is 114 Å². The van der Waals surface area contributed by atoms with Gasteiger partial charge in [-0.1, -0.05) is 23.8 Å². The molecule has 0 amide bonds. The zero-order valence-corrected chi connectivity index (χ0v) is 12.1. The lowest BCUT2D eigenvalue weighted by atomic mass is 9.97. The topological polar surface area (TPSA) is 43.8 Å². The van der Waals surface area contributed by atoms with Gasteiger partial charge in [0.2, 0.25) is 0 Å². The van der Waals surface area contributed by atoms with E-state index in [0.29, 0.717) is 12.4 Å². The van der Waals surface area contributed by atoms with Gasteiger partial charge in [0.25, 0.3) is 0 Å². The van der Waals surface area contributed by atoms with Crippen molar-refractivity contribution in [1.29, 1.82) is 0 Å². The molecule has 2 aromatic rings. The van der Waals surface area contributed by atoms with Crippen LogP contribution in [0.2, 0.25) is 0 Å². The molecular weight excluding hydrogens is 234 g/mol. The van der Waals surface area contributed by atoms with Gasteiger partial charge in [-0.3, -0.25) is 0 Å². The number of nitrogen functional groups attached to an aromatic ring is 1. The number of allylic oxidation sites excluding steroid dienone is 1. The molecule has 0 saturated heterocycles. The minimum absolute atomic E-state index is 0.689. The summed E-state index contributed by atoms with van der Waals surface area (Å²) in [7, 11) is 0. The molecule has 19 heavy (non-hydrogen) atoms.